The van der Waals surface area contributed by atoms with Gasteiger partial charge >= 0.3 is 175 Å². The van der Waals surface area contributed by atoms with Gasteiger partial charge in [-0.3, -0.25) is 0 Å². The van der Waals surface area contributed by atoms with Gasteiger partial charge in [-0.15, -0.1) is 0 Å². The van der Waals surface area contributed by atoms with Crippen molar-refractivity contribution in [2.45, 2.75) is 124 Å². The molecule has 25 heavy (non-hydrogen) atoms. The fraction of sp³-hybridized carbons (Fsp3) is 1.00. The Hall–Kier alpha value is 1.16. The van der Waals surface area contributed by atoms with Crippen molar-refractivity contribution >= 4 is 26.3 Å². The third-order valence-corrected chi connectivity index (χ3v) is 17.6. The fourth-order valence-electron chi connectivity index (χ4n) is 4.23. The van der Waals surface area contributed by atoms with E-state index >= 15 is 0 Å². The number of hydrogen-bond donors (Lipinski definition) is 0. The summed E-state index contributed by atoms with van der Waals surface area (Å²) in [5, 5.41) is 0. The van der Waals surface area contributed by atoms with Crippen LogP contribution < -0.4 is 0 Å². The van der Waals surface area contributed by atoms with E-state index in [-0.39, 0.29) is 0 Å². The van der Waals surface area contributed by atoms with Gasteiger partial charge in [-0.05, 0) is 0 Å². The van der Waals surface area contributed by atoms with Gasteiger partial charge in [0.15, 0.2) is 0 Å². The van der Waals surface area contributed by atoms with E-state index in [0.29, 0.717) is 0 Å². The van der Waals surface area contributed by atoms with E-state index in [1.165, 1.54) is 96.3 Å². The quantitative estimate of drug-likeness (QED) is 0.0972. The Morgan fingerprint density at radius 1 is 0.400 bits per heavy atom. The fourth-order valence-corrected chi connectivity index (χ4v) is 13.7. The Balaban J connectivity index is 4.92. The van der Waals surface area contributed by atoms with Crippen molar-refractivity contribution in [2.75, 3.05) is 24.6 Å². The summed E-state index contributed by atoms with van der Waals surface area (Å²) < 4.78 is -1.50. The Kier molecular flexibility index (Phi) is 16.9. The molecule has 154 valence electrons. The summed E-state index contributed by atoms with van der Waals surface area (Å²) >= 11 is 3.13. The third-order valence-electron chi connectivity index (χ3n) is 6.03. The predicted octanol–water partition coefficient (Wildman–Crippen LogP) is 9.82. The molecule has 0 aliphatic carbocycles. The zero-order valence-electron chi connectivity index (χ0n) is 18.3. The predicted molar refractivity (Wildman–Crippen MR) is 132 cm³/mol. The minimum absolute atomic E-state index is 1.38. The summed E-state index contributed by atoms with van der Waals surface area (Å²) in [5.74, 6) is 0. The summed E-state index contributed by atoms with van der Waals surface area (Å²) in [5.41, 5.74) is 0. The van der Waals surface area contributed by atoms with Crippen LogP contribution in [0.25, 0.3) is 0 Å². The van der Waals surface area contributed by atoms with Crippen molar-refractivity contribution in [1.82, 2.24) is 0 Å². The van der Waals surface area contributed by atoms with Crippen molar-refractivity contribution in [3.05, 3.63) is 0 Å². The molecule has 0 unspecified atom stereocenters. The van der Waals surface area contributed by atoms with Crippen LogP contribution in [0.15, 0.2) is 0 Å². The summed E-state index contributed by atoms with van der Waals surface area (Å²) in [4.78, 5) is 0. The van der Waals surface area contributed by atoms with Crippen LogP contribution in [0.4, 0.5) is 0 Å². The van der Waals surface area contributed by atoms with Crippen LogP contribution in [-0.4, -0.2) is 24.6 Å². The first-order chi connectivity index (χ1) is 12.0. The zero-order valence-corrected chi connectivity index (χ0v) is 21.3. The molecule has 0 aromatic carbocycles. The van der Waals surface area contributed by atoms with E-state index in [1.807, 2.05) is 0 Å². The molecule has 0 rings (SSSR count). The summed E-state index contributed by atoms with van der Waals surface area (Å²) in [6.07, 6.45) is 28.2. The molecule has 0 radical (unpaired) electrons. The minimum atomic E-state index is -1.50. The van der Waals surface area contributed by atoms with Gasteiger partial charge < -0.3 is 0 Å². The van der Waals surface area contributed by atoms with E-state index in [0.717, 1.165) is 0 Å². The topological polar surface area (TPSA) is 0 Å². The van der Waals surface area contributed by atoms with Crippen LogP contribution in [0.2, 0.25) is 0 Å². The van der Waals surface area contributed by atoms with E-state index in [4.69, 9.17) is 0 Å². The molecule has 0 heterocycles. The molecule has 2 heteroatoms. The molecular formula is C23H50IP. The second-order valence-electron chi connectivity index (χ2n) is 8.60. The molecule has 0 aliphatic rings. The van der Waals surface area contributed by atoms with Gasteiger partial charge in [0.2, 0.25) is 0 Å². The van der Waals surface area contributed by atoms with E-state index in [9.17, 15) is 0 Å². The molecule has 0 spiro atoms. The van der Waals surface area contributed by atoms with Gasteiger partial charge in [-0.2, -0.15) is 0 Å². The van der Waals surface area contributed by atoms with Crippen LogP contribution in [0.5, 0.6) is 0 Å². The van der Waals surface area contributed by atoms with Crippen LogP contribution in [0.3, 0.4) is 0 Å². The molecular weight excluding hydrogens is 434 g/mol. The Morgan fingerprint density at radius 3 is 0.920 bits per heavy atom. The van der Waals surface area contributed by atoms with Crippen molar-refractivity contribution in [3.63, 3.8) is 0 Å². The maximum atomic E-state index is 3.13. The Morgan fingerprint density at radius 2 is 0.640 bits per heavy atom. The van der Waals surface area contributed by atoms with Crippen LogP contribution >= 0.6 is 26.3 Å². The number of unbranched alkanes of at least 4 members (excludes halogenated alkanes) is 11. The molecule has 0 atom stereocenters. The van der Waals surface area contributed by atoms with E-state index < -0.39 is 4.25 Å². The van der Waals surface area contributed by atoms with Crippen molar-refractivity contribution < 1.29 is 0 Å². The van der Waals surface area contributed by atoms with Gasteiger partial charge in [0.25, 0.3) is 0 Å². The molecule has 0 amide bonds. The van der Waals surface area contributed by atoms with Gasteiger partial charge in [-0.25, -0.2) is 0 Å². The first-order valence-electron chi connectivity index (χ1n) is 11.8. The van der Waals surface area contributed by atoms with Crippen molar-refractivity contribution in [2.24, 2.45) is 0 Å². The first-order valence-corrected chi connectivity index (χ1v) is 17.5. The third kappa shape index (κ3) is 13.0. The SMILES string of the molecule is CCCCCCP(I)(CCCCC)(CCCCCC)CCCCCC. The van der Waals surface area contributed by atoms with Crippen LogP contribution in [0.1, 0.15) is 124 Å². The van der Waals surface area contributed by atoms with Gasteiger partial charge in [0.1, 0.15) is 0 Å². The van der Waals surface area contributed by atoms with Crippen molar-refractivity contribution in [3.8, 4) is 0 Å². The van der Waals surface area contributed by atoms with E-state index in [2.05, 4.69) is 49.7 Å². The summed E-state index contributed by atoms with van der Waals surface area (Å²) in [7, 11) is 0. The molecule has 0 bridgehead atoms. The van der Waals surface area contributed by atoms with Crippen molar-refractivity contribution in [1.29, 1.82) is 0 Å². The second kappa shape index (κ2) is 16.1. The molecule has 0 N–H and O–H groups in total. The van der Waals surface area contributed by atoms with Crippen LogP contribution in [0, 0.1) is 0 Å². The summed E-state index contributed by atoms with van der Waals surface area (Å²) in [6.45, 7) is 9.41. The normalized spacial score (nSPS) is 13.7. The molecule has 0 saturated heterocycles. The molecule has 0 aromatic rings. The molecule has 0 aromatic heterocycles. The van der Waals surface area contributed by atoms with Gasteiger partial charge in [-0.1, -0.05) is 0 Å². The molecule has 0 aliphatic heterocycles. The average molecular weight is 485 g/mol. The number of hydrogen-bond acceptors (Lipinski definition) is 0. The van der Waals surface area contributed by atoms with E-state index in [1.54, 1.807) is 24.6 Å². The Bertz CT molecular complexity index is 256. The first kappa shape index (κ1) is 26.2. The maximum absolute atomic E-state index is 3.13. The standard InChI is InChI=1S/C23H50IP/c1-5-9-13-17-21-25(24,20-16-12-8-4,22-18-14-10-6-2)23-19-15-11-7-3/h5-23H2,1-4H3. The van der Waals surface area contributed by atoms with Gasteiger partial charge in [0.05, 0.1) is 0 Å². The van der Waals surface area contributed by atoms with Gasteiger partial charge in [0, 0.05) is 0 Å². The average Bonchev–Trinajstić information content (AvgIpc) is 2.61. The van der Waals surface area contributed by atoms with Crippen LogP contribution in [-0.2, 0) is 0 Å². The zero-order chi connectivity index (χ0) is 18.9. The molecule has 0 saturated carbocycles. The second-order valence-corrected chi connectivity index (χ2v) is 22.2. The Labute approximate surface area is 174 Å². The number of rotatable bonds is 19. The monoisotopic (exact) mass is 484 g/mol. The number of halogens is 1. The molecule has 0 nitrogen and oxygen atoms in total. The summed E-state index contributed by atoms with van der Waals surface area (Å²) in [6, 6.07) is 0. The molecule has 0 fully saturated rings.